The first kappa shape index (κ1) is 32.7. The average Bonchev–Trinajstić information content (AvgIpc) is 3.45. The number of aromatic nitrogens is 3. The number of carboxylic acids is 1. The lowest BCUT2D eigenvalue weighted by Crippen LogP contribution is -2.29. The van der Waals surface area contributed by atoms with Crippen molar-refractivity contribution in [3.05, 3.63) is 87.6 Å². The number of benzene rings is 3. The minimum absolute atomic E-state index is 0.213. The summed E-state index contributed by atoms with van der Waals surface area (Å²) in [5, 5.41) is 15.8. The highest BCUT2D eigenvalue weighted by atomic mass is 19.1. The molecule has 0 fully saturated rings. The molecule has 0 amide bonds. The van der Waals surface area contributed by atoms with Crippen LogP contribution < -0.4 is 9.47 Å². The molecule has 5 aromatic rings. The molecule has 0 radical (unpaired) electrons. The van der Waals surface area contributed by atoms with Crippen LogP contribution >= 0.6 is 0 Å². The molecule has 4 heterocycles. The first-order valence-corrected chi connectivity index (χ1v) is 16.6. The maximum atomic E-state index is 16.0. The van der Waals surface area contributed by atoms with Crippen LogP contribution in [0, 0.1) is 32.4 Å². The first-order chi connectivity index (χ1) is 23.4. The Morgan fingerprint density at radius 2 is 1.49 bits per heavy atom. The number of nitrogens with zero attached hydrogens (tertiary/aromatic N) is 3. The number of halogens is 2. The summed E-state index contributed by atoms with van der Waals surface area (Å²) in [6, 6.07) is 12.4. The highest BCUT2D eigenvalue weighted by molar-refractivity contribution is 5.94. The van der Waals surface area contributed by atoms with E-state index >= 15 is 8.78 Å². The second kappa shape index (κ2) is 12.2. The lowest BCUT2D eigenvalue weighted by Gasteiger charge is -2.28. The zero-order valence-corrected chi connectivity index (χ0v) is 28.5. The van der Waals surface area contributed by atoms with Gasteiger partial charge in [-0.3, -0.25) is 0 Å². The van der Waals surface area contributed by atoms with Crippen molar-refractivity contribution in [2.75, 3.05) is 13.2 Å². The van der Waals surface area contributed by atoms with Gasteiger partial charge in [-0.25, -0.2) is 23.1 Å². The van der Waals surface area contributed by atoms with Crippen LogP contribution in [0.15, 0.2) is 42.5 Å². The molecular formula is C39H39F2N3O5. The quantitative estimate of drug-likeness (QED) is 0.194. The number of carboxylic acid groups (broad SMARTS) is 1. The molecule has 1 atom stereocenters. The highest BCUT2D eigenvalue weighted by Crippen LogP contribution is 2.46. The minimum atomic E-state index is -1.46. The standard InChI is InChI=1S/C39H39F2N3O5/c1-20-24-14-10-16-47-34(24)28(40)18-26(20)31-32(23-12-8-7-9-13-23)43-44-33(27-19-29(41)35-25(21(27)2)15-11-17-48-35)30(22(3)42-37(31)44)36(38(45)46)49-39(4,5)6/h7-9,12-13,18-19,36H,10-11,14-17H2,1-6H3,(H,45,46). The molecule has 2 aliphatic heterocycles. The third kappa shape index (κ3) is 5.61. The van der Waals surface area contributed by atoms with E-state index in [0.29, 0.717) is 65.5 Å². The Balaban J connectivity index is 1.65. The fourth-order valence-corrected chi connectivity index (χ4v) is 7.20. The number of aryl methyl sites for hydroxylation is 1. The van der Waals surface area contributed by atoms with Crippen molar-refractivity contribution in [1.82, 2.24) is 14.6 Å². The summed E-state index contributed by atoms with van der Waals surface area (Å²) in [4.78, 5) is 18.1. The summed E-state index contributed by atoms with van der Waals surface area (Å²) in [5.41, 5.74) is 6.51. The van der Waals surface area contributed by atoms with Gasteiger partial charge in [0.05, 0.1) is 30.1 Å². The Kier molecular flexibility index (Phi) is 8.17. The van der Waals surface area contributed by atoms with Gasteiger partial charge in [0.1, 0.15) is 5.69 Å². The molecule has 0 saturated carbocycles. The van der Waals surface area contributed by atoms with Crippen LogP contribution in [0.4, 0.5) is 8.78 Å². The second-order valence-electron chi connectivity index (χ2n) is 13.8. The molecule has 0 spiro atoms. The summed E-state index contributed by atoms with van der Waals surface area (Å²) in [7, 11) is 0. The third-order valence-corrected chi connectivity index (χ3v) is 9.39. The Morgan fingerprint density at radius 3 is 2.06 bits per heavy atom. The summed E-state index contributed by atoms with van der Waals surface area (Å²) < 4.78 is 51.1. The van der Waals surface area contributed by atoms with Crippen LogP contribution in [-0.4, -0.2) is 44.5 Å². The van der Waals surface area contributed by atoms with Gasteiger partial charge in [-0.15, -0.1) is 0 Å². The van der Waals surface area contributed by atoms with Crippen LogP contribution in [-0.2, 0) is 22.4 Å². The molecule has 0 aliphatic carbocycles. The van der Waals surface area contributed by atoms with Crippen molar-refractivity contribution in [2.45, 2.75) is 78.9 Å². The van der Waals surface area contributed by atoms with Crippen LogP contribution in [0.3, 0.4) is 0 Å². The van der Waals surface area contributed by atoms with E-state index in [2.05, 4.69) is 0 Å². The molecular weight excluding hydrogens is 628 g/mol. The second-order valence-corrected chi connectivity index (χ2v) is 13.8. The summed E-state index contributed by atoms with van der Waals surface area (Å²) in [6.07, 6.45) is 1.28. The van der Waals surface area contributed by atoms with Crippen molar-refractivity contribution in [3.63, 3.8) is 0 Å². The molecule has 7 rings (SSSR count). The van der Waals surface area contributed by atoms with E-state index < -0.39 is 29.3 Å². The number of ether oxygens (including phenoxy) is 3. The monoisotopic (exact) mass is 667 g/mol. The van der Waals surface area contributed by atoms with E-state index in [4.69, 9.17) is 24.3 Å². The van der Waals surface area contributed by atoms with Crippen LogP contribution in [0.1, 0.15) is 73.2 Å². The van der Waals surface area contributed by atoms with Gasteiger partial charge < -0.3 is 19.3 Å². The summed E-state index contributed by atoms with van der Waals surface area (Å²) >= 11 is 0. The number of hydrogen-bond donors (Lipinski definition) is 1. The maximum absolute atomic E-state index is 16.0. The fourth-order valence-electron chi connectivity index (χ4n) is 7.20. The predicted octanol–water partition coefficient (Wildman–Crippen LogP) is 8.52. The van der Waals surface area contributed by atoms with E-state index in [9.17, 15) is 9.90 Å². The van der Waals surface area contributed by atoms with Gasteiger partial charge in [-0.1, -0.05) is 30.3 Å². The van der Waals surface area contributed by atoms with Gasteiger partial charge in [0, 0.05) is 33.5 Å². The van der Waals surface area contributed by atoms with Gasteiger partial charge in [0.15, 0.2) is 34.9 Å². The molecule has 254 valence electrons. The number of hydrogen-bond acceptors (Lipinski definition) is 6. The molecule has 8 nitrogen and oxygen atoms in total. The van der Waals surface area contributed by atoms with E-state index in [-0.39, 0.29) is 17.1 Å². The normalized spacial score (nSPS) is 14.9. The van der Waals surface area contributed by atoms with Gasteiger partial charge in [0.2, 0.25) is 0 Å². The zero-order valence-electron chi connectivity index (χ0n) is 28.5. The summed E-state index contributed by atoms with van der Waals surface area (Å²) in [5.74, 6) is -1.76. The smallest absolute Gasteiger partial charge is 0.337 e. The Morgan fingerprint density at radius 1 is 0.918 bits per heavy atom. The largest absolute Gasteiger partial charge is 0.490 e. The number of aliphatic carboxylic acids is 1. The van der Waals surface area contributed by atoms with Crippen LogP contribution in [0.5, 0.6) is 11.5 Å². The first-order valence-electron chi connectivity index (χ1n) is 16.6. The van der Waals surface area contributed by atoms with Gasteiger partial charge in [-0.05, 0) is 96.0 Å². The molecule has 49 heavy (non-hydrogen) atoms. The topological polar surface area (TPSA) is 95.2 Å². The molecule has 0 saturated heterocycles. The van der Waals surface area contributed by atoms with Crippen LogP contribution in [0.2, 0.25) is 0 Å². The maximum Gasteiger partial charge on any atom is 0.337 e. The van der Waals surface area contributed by atoms with Crippen molar-refractivity contribution < 1.29 is 32.9 Å². The van der Waals surface area contributed by atoms with Gasteiger partial charge in [-0.2, -0.15) is 5.10 Å². The SMILES string of the molecule is Cc1nc2c(-c3cc(F)c4c(c3C)CCCO4)c(-c3ccccc3)nn2c(-c2cc(F)c3c(c2C)CCCO3)c1C(OC(C)(C)C)C(=O)O. The van der Waals surface area contributed by atoms with E-state index in [0.717, 1.165) is 40.7 Å². The Hall–Kier alpha value is -4.83. The Labute approximate surface area is 283 Å². The van der Waals surface area contributed by atoms with Gasteiger partial charge >= 0.3 is 5.97 Å². The summed E-state index contributed by atoms with van der Waals surface area (Å²) in [6.45, 7) is 11.8. The lowest BCUT2D eigenvalue weighted by atomic mass is 9.90. The van der Waals surface area contributed by atoms with Crippen molar-refractivity contribution in [1.29, 1.82) is 0 Å². The van der Waals surface area contributed by atoms with Crippen molar-refractivity contribution in [3.8, 4) is 45.1 Å². The lowest BCUT2D eigenvalue weighted by molar-refractivity contribution is -0.160. The Bertz CT molecular complexity index is 2140. The van der Waals surface area contributed by atoms with E-state index in [1.165, 1.54) is 12.1 Å². The molecule has 3 aromatic carbocycles. The molecule has 1 N–H and O–H groups in total. The van der Waals surface area contributed by atoms with Gasteiger partial charge in [0.25, 0.3) is 0 Å². The molecule has 10 heteroatoms. The fraction of sp³-hybridized carbons (Fsp3) is 0.359. The van der Waals surface area contributed by atoms with E-state index in [1.54, 1.807) is 32.2 Å². The van der Waals surface area contributed by atoms with Crippen molar-refractivity contribution in [2.24, 2.45) is 0 Å². The zero-order chi connectivity index (χ0) is 34.8. The average molecular weight is 668 g/mol. The minimum Gasteiger partial charge on any atom is -0.490 e. The highest BCUT2D eigenvalue weighted by Gasteiger charge is 2.36. The molecule has 0 bridgehead atoms. The molecule has 2 aromatic heterocycles. The number of fused-ring (bicyclic) bond motifs is 3. The van der Waals surface area contributed by atoms with E-state index in [1.807, 2.05) is 44.2 Å². The number of carbonyl (C=O) groups is 1. The van der Waals surface area contributed by atoms with Crippen LogP contribution in [0.25, 0.3) is 39.3 Å². The number of rotatable bonds is 6. The molecule has 1 unspecified atom stereocenters. The predicted molar refractivity (Wildman–Crippen MR) is 182 cm³/mol. The van der Waals surface area contributed by atoms with Crippen molar-refractivity contribution >= 4 is 11.6 Å². The third-order valence-electron chi connectivity index (χ3n) is 9.39. The molecule has 2 aliphatic rings.